The van der Waals surface area contributed by atoms with Crippen molar-refractivity contribution in [2.24, 2.45) is 0 Å². The number of aliphatic hydroxyl groups is 5. The summed E-state index contributed by atoms with van der Waals surface area (Å²) < 4.78 is 24.3. The van der Waals surface area contributed by atoms with E-state index < -0.39 is 115 Å². The van der Waals surface area contributed by atoms with Gasteiger partial charge in [-0.25, -0.2) is 14.4 Å². The lowest BCUT2D eigenvalue weighted by Gasteiger charge is -2.46. The number of amides is 2. The summed E-state index contributed by atoms with van der Waals surface area (Å²) in [5.41, 5.74) is -2.57. The first-order valence-electron chi connectivity index (χ1n) is 11.7. The summed E-state index contributed by atoms with van der Waals surface area (Å²) >= 11 is 0. The predicted molar refractivity (Wildman–Crippen MR) is 125 cm³/mol. The van der Waals surface area contributed by atoms with Crippen LogP contribution in [0.25, 0.3) is 0 Å². The standard InChI is InChI=1S/C21H29FN4O15/c1-7(28)23-13-9(29)2-21(19(37)38,41-16(13)15(33)11(31)5-27)40-6-12(32)24-14(18(35)36)10(30)4-26-3-8(22)17(34)25-20(26)39/h3,9-11,13-16,27,29-31,33H,2,4-6H2,1H3,(H,23,28)(H,24,32)(H,35,36)(H,37,38)(H,25,34,39)/t9-,10?,11+,13+,14?,15+,16+,21-/m0/s1. The normalized spacial score (nSPS) is 25.4. The van der Waals surface area contributed by atoms with Gasteiger partial charge in [-0.1, -0.05) is 0 Å². The van der Waals surface area contributed by atoms with Crippen LogP contribution in [0, 0.1) is 5.82 Å². The van der Waals surface area contributed by atoms with E-state index in [1.807, 2.05) is 0 Å². The van der Waals surface area contributed by atoms with Crippen molar-refractivity contribution < 1.29 is 68.8 Å². The number of halogens is 1. The molecular formula is C21H29FN4O15. The molecule has 2 amide bonds. The number of aromatic nitrogens is 2. The Morgan fingerprint density at radius 2 is 1.85 bits per heavy atom. The van der Waals surface area contributed by atoms with Gasteiger partial charge >= 0.3 is 17.6 Å². The van der Waals surface area contributed by atoms with E-state index in [0.29, 0.717) is 10.8 Å². The molecule has 230 valence electrons. The van der Waals surface area contributed by atoms with E-state index in [9.17, 15) is 63.8 Å². The number of aliphatic carboxylic acids is 2. The Morgan fingerprint density at radius 3 is 2.39 bits per heavy atom. The molecule has 2 heterocycles. The van der Waals surface area contributed by atoms with Gasteiger partial charge in [-0.15, -0.1) is 0 Å². The molecule has 19 nitrogen and oxygen atoms in total. The fourth-order valence-electron chi connectivity index (χ4n) is 3.92. The van der Waals surface area contributed by atoms with Crippen LogP contribution in [-0.4, -0.2) is 131 Å². The van der Waals surface area contributed by atoms with Gasteiger partial charge in [0.05, 0.1) is 31.5 Å². The Labute approximate surface area is 227 Å². The minimum absolute atomic E-state index is 0.392. The molecule has 2 rings (SSSR count). The van der Waals surface area contributed by atoms with E-state index in [2.05, 4.69) is 5.32 Å². The fraction of sp³-hybridized carbons (Fsp3) is 0.619. The van der Waals surface area contributed by atoms with Crippen LogP contribution in [0.5, 0.6) is 0 Å². The van der Waals surface area contributed by atoms with Gasteiger partial charge in [-0.3, -0.25) is 23.9 Å². The molecule has 0 bridgehead atoms. The van der Waals surface area contributed by atoms with Crippen LogP contribution in [0.3, 0.4) is 0 Å². The van der Waals surface area contributed by atoms with E-state index in [1.165, 1.54) is 0 Å². The Balaban J connectivity index is 2.22. The zero-order valence-electron chi connectivity index (χ0n) is 21.2. The van der Waals surface area contributed by atoms with Crippen molar-refractivity contribution in [1.29, 1.82) is 0 Å². The summed E-state index contributed by atoms with van der Waals surface area (Å²) in [5, 5.41) is 73.4. The molecule has 1 aliphatic heterocycles. The summed E-state index contributed by atoms with van der Waals surface area (Å²) in [6, 6.07) is -3.69. The van der Waals surface area contributed by atoms with Gasteiger partial charge in [-0.05, 0) is 0 Å². The third-order valence-electron chi connectivity index (χ3n) is 5.94. The predicted octanol–water partition coefficient (Wildman–Crippen LogP) is -6.23. The first-order valence-corrected chi connectivity index (χ1v) is 11.7. The number of H-pyrrole nitrogens is 1. The number of carboxylic acids is 2. The van der Waals surface area contributed by atoms with Crippen molar-refractivity contribution >= 4 is 23.8 Å². The number of carboxylic acid groups (broad SMARTS) is 2. The molecule has 1 fully saturated rings. The first-order chi connectivity index (χ1) is 19.0. The van der Waals surface area contributed by atoms with Crippen molar-refractivity contribution in [1.82, 2.24) is 20.2 Å². The second-order valence-electron chi connectivity index (χ2n) is 9.01. The monoisotopic (exact) mass is 596 g/mol. The number of nitrogens with one attached hydrogen (secondary N) is 3. The molecule has 1 aromatic heterocycles. The maximum absolute atomic E-state index is 13.5. The maximum atomic E-state index is 13.5. The molecule has 0 aromatic carbocycles. The number of aliphatic hydroxyl groups excluding tert-OH is 5. The molecule has 20 heteroatoms. The topological polar surface area (TPSA) is 307 Å². The number of carbonyl (C=O) groups is 4. The van der Waals surface area contributed by atoms with Crippen molar-refractivity contribution in [2.75, 3.05) is 13.2 Å². The molecule has 0 radical (unpaired) electrons. The number of hydrogen-bond acceptors (Lipinski definition) is 13. The number of nitrogens with zero attached hydrogens (tertiary/aromatic N) is 1. The molecule has 0 aliphatic carbocycles. The summed E-state index contributed by atoms with van der Waals surface area (Å²) in [5.74, 6) is -10.3. The van der Waals surface area contributed by atoms with E-state index >= 15 is 0 Å². The molecule has 1 saturated heterocycles. The van der Waals surface area contributed by atoms with Crippen LogP contribution in [0.4, 0.5) is 4.39 Å². The lowest BCUT2D eigenvalue weighted by Crippen LogP contribution is -2.68. The van der Waals surface area contributed by atoms with Crippen LogP contribution >= 0.6 is 0 Å². The van der Waals surface area contributed by atoms with E-state index in [0.717, 1.165) is 6.92 Å². The second-order valence-corrected chi connectivity index (χ2v) is 9.01. The van der Waals surface area contributed by atoms with Gasteiger partial charge in [0.2, 0.25) is 17.6 Å². The highest BCUT2D eigenvalue weighted by Crippen LogP contribution is 2.33. The molecule has 41 heavy (non-hydrogen) atoms. The molecule has 8 atom stereocenters. The van der Waals surface area contributed by atoms with Gasteiger partial charge < -0.3 is 55.9 Å². The first kappa shape index (κ1) is 33.4. The van der Waals surface area contributed by atoms with Gasteiger partial charge in [-0.2, -0.15) is 4.39 Å². The molecule has 2 unspecified atom stereocenters. The molecule has 1 aromatic rings. The van der Waals surface area contributed by atoms with Crippen LogP contribution in [0.2, 0.25) is 0 Å². The Morgan fingerprint density at radius 1 is 1.22 bits per heavy atom. The maximum Gasteiger partial charge on any atom is 0.364 e. The van der Waals surface area contributed by atoms with Crippen molar-refractivity contribution in [2.45, 2.75) is 68.3 Å². The fourth-order valence-corrected chi connectivity index (χ4v) is 3.92. The lowest BCUT2D eigenvalue weighted by atomic mass is 9.88. The van der Waals surface area contributed by atoms with Gasteiger partial charge in [0.1, 0.15) is 31.0 Å². The van der Waals surface area contributed by atoms with Gasteiger partial charge in [0.15, 0.2) is 6.04 Å². The Kier molecular flexibility index (Phi) is 11.2. The molecular weight excluding hydrogens is 567 g/mol. The highest BCUT2D eigenvalue weighted by atomic mass is 19.1. The highest BCUT2D eigenvalue weighted by molar-refractivity contribution is 5.85. The van der Waals surface area contributed by atoms with E-state index in [4.69, 9.17) is 14.6 Å². The summed E-state index contributed by atoms with van der Waals surface area (Å²) in [4.78, 5) is 72.3. The number of rotatable bonds is 13. The number of aromatic amines is 1. The third-order valence-corrected chi connectivity index (χ3v) is 5.94. The molecule has 0 spiro atoms. The minimum atomic E-state index is -2.91. The van der Waals surface area contributed by atoms with Crippen LogP contribution in [0.1, 0.15) is 13.3 Å². The van der Waals surface area contributed by atoms with Crippen molar-refractivity contribution in [3.63, 3.8) is 0 Å². The average molecular weight is 596 g/mol. The van der Waals surface area contributed by atoms with Crippen LogP contribution in [0.15, 0.2) is 15.8 Å². The largest absolute Gasteiger partial charge is 0.480 e. The quantitative estimate of drug-likeness (QED) is 0.101. The van der Waals surface area contributed by atoms with E-state index in [1.54, 1.807) is 10.3 Å². The third kappa shape index (κ3) is 8.13. The average Bonchev–Trinajstić information content (AvgIpc) is 2.88. The SMILES string of the molecule is CC(=O)N[C@H]1[C@H]([C@H](O)[C@H](O)CO)O[C@](OCC(=O)NC(C(=O)O)C(O)Cn2cc(F)c(=O)[nH]c2=O)(C(=O)O)C[C@@H]1O. The molecule has 0 saturated carbocycles. The van der Waals surface area contributed by atoms with Gasteiger partial charge in [0, 0.05) is 13.3 Å². The summed E-state index contributed by atoms with van der Waals surface area (Å²) in [7, 11) is 0. The van der Waals surface area contributed by atoms with Crippen LogP contribution in [-0.2, 0) is 35.2 Å². The van der Waals surface area contributed by atoms with E-state index in [-0.39, 0.29) is 0 Å². The Hall–Kier alpha value is -3.79. The molecule has 1 aliphatic rings. The smallest absolute Gasteiger partial charge is 0.364 e. The highest BCUT2D eigenvalue weighted by Gasteiger charge is 2.56. The number of ether oxygens (including phenoxy) is 2. The van der Waals surface area contributed by atoms with Crippen molar-refractivity contribution in [3.8, 4) is 0 Å². The summed E-state index contributed by atoms with van der Waals surface area (Å²) in [6.45, 7) is -2.23. The lowest BCUT2D eigenvalue weighted by molar-refractivity contribution is -0.309. The Bertz CT molecular complexity index is 1250. The van der Waals surface area contributed by atoms with Crippen molar-refractivity contribution in [3.05, 3.63) is 32.9 Å². The van der Waals surface area contributed by atoms with Crippen LogP contribution < -0.4 is 21.9 Å². The summed E-state index contributed by atoms with van der Waals surface area (Å²) in [6.07, 6.45) is -10.4. The minimum Gasteiger partial charge on any atom is -0.480 e. The number of hydrogen-bond donors (Lipinski definition) is 10. The number of carbonyl (C=O) groups excluding carboxylic acids is 2. The zero-order chi connectivity index (χ0) is 31.2. The van der Waals surface area contributed by atoms with Gasteiger partial charge in [0.25, 0.3) is 11.3 Å². The zero-order valence-corrected chi connectivity index (χ0v) is 21.2. The second kappa shape index (κ2) is 13.7. The molecule has 10 N–H and O–H groups in total.